The van der Waals surface area contributed by atoms with E-state index in [-0.39, 0.29) is 12.6 Å². The van der Waals surface area contributed by atoms with Gasteiger partial charge in [0.05, 0.1) is 16.1 Å². The fourth-order valence-corrected chi connectivity index (χ4v) is 4.61. The lowest BCUT2D eigenvalue weighted by Crippen LogP contribution is -2.38. The van der Waals surface area contributed by atoms with Crippen LogP contribution in [0.4, 0.5) is 0 Å². The molecule has 2 aromatic rings. The zero-order chi connectivity index (χ0) is 14.8. The molecule has 0 amide bonds. The van der Waals surface area contributed by atoms with Gasteiger partial charge < -0.3 is 14.8 Å². The molecule has 0 aliphatic carbocycles. The summed E-state index contributed by atoms with van der Waals surface area (Å²) in [5, 5.41) is 12.8. The Hall–Kier alpha value is -0.880. The van der Waals surface area contributed by atoms with Gasteiger partial charge in [0, 0.05) is 17.5 Å². The molecule has 0 saturated carbocycles. The van der Waals surface area contributed by atoms with Gasteiger partial charge in [0.1, 0.15) is 6.26 Å². The number of aromatic nitrogens is 1. The number of oxazole rings is 1. The van der Waals surface area contributed by atoms with Gasteiger partial charge in [-0.3, -0.25) is 0 Å². The minimum absolute atomic E-state index is 0.160. The monoisotopic (exact) mass is 326 g/mol. The molecule has 1 fully saturated rings. The predicted molar refractivity (Wildman–Crippen MR) is 83.9 cm³/mol. The van der Waals surface area contributed by atoms with Gasteiger partial charge in [0.15, 0.2) is 6.39 Å². The average Bonchev–Trinajstić information content (AvgIpc) is 3.08. The molecule has 21 heavy (non-hydrogen) atoms. The first-order chi connectivity index (χ1) is 10.2. The maximum atomic E-state index is 9.23. The van der Waals surface area contributed by atoms with Gasteiger partial charge in [-0.1, -0.05) is 11.6 Å². The van der Waals surface area contributed by atoms with Crippen molar-refractivity contribution in [3.05, 3.63) is 39.2 Å². The standard InChI is InChI=1S/C15H19ClN2O2S/c1-9-4-11(5-12(18-9)13-7-20-8-17-13)15-10(2-3-19)6-14(16)21-15/h6-9,11-12,18-19H,2-5H2,1H3. The normalized spacial score (nSPS) is 26.1. The average molecular weight is 327 g/mol. The molecular formula is C15H19ClN2O2S. The third-order valence-electron chi connectivity index (χ3n) is 4.02. The fourth-order valence-electron chi connectivity index (χ4n) is 3.17. The van der Waals surface area contributed by atoms with Crippen LogP contribution in [0.3, 0.4) is 0 Å². The van der Waals surface area contributed by atoms with Crippen LogP contribution in [0.25, 0.3) is 0 Å². The number of thiophene rings is 1. The van der Waals surface area contributed by atoms with Gasteiger partial charge >= 0.3 is 0 Å². The van der Waals surface area contributed by atoms with Crippen LogP contribution in [0.1, 0.15) is 47.9 Å². The van der Waals surface area contributed by atoms with E-state index in [0.717, 1.165) is 22.9 Å². The molecule has 3 heterocycles. The molecule has 1 aliphatic heterocycles. The summed E-state index contributed by atoms with van der Waals surface area (Å²) >= 11 is 7.83. The number of piperidine rings is 1. The van der Waals surface area contributed by atoms with Crippen molar-refractivity contribution in [3.63, 3.8) is 0 Å². The second-order valence-corrected chi connectivity index (χ2v) is 7.33. The summed E-state index contributed by atoms with van der Waals surface area (Å²) in [5.41, 5.74) is 2.14. The summed E-state index contributed by atoms with van der Waals surface area (Å²) in [6.07, 6.45) is 5.91. The number of rotatable bonds is 4. The van der Waals surface area contributed by atoms with E-state index < -0.39 is 0 Å². The topological polar surface area (TPSA) is 58.3 Å². The van der Waals surface area contributed by atoms with Crippen molar-refractivity contribution >= 4 is 22.9 Å². The van der Waals surface area contributed by atoms with Gasteiger partial charge in [0.25, 0.3) is 0 Å². The van der Waals surface area contributed by atoms with Crippen LogP contribution in [0.2, 0.25) is 4.34 Å². The van der Waals surface area contributed by atoms with Gasteiger partial charge in [-0.25, -0.2) is 4.98 Å². The summed E-state index contributed by atoms with van der Waals surface area (Å²) in [4.78, 5) is 5.59. The molecule has 114 valence electrons. The molecule has 6 heteroatoms. The minimum atomic E-state index is 0.160. The summed E-state index contributed by atoms with van der Waals surface area (Å²) in [5.74, 6) is 0.446. The molecule has 3 atom stereocenters. The second kappa shape index (κ2) is 6.48. The molecule has 0 bridgehead atoms. The molecule has 0 spiro atoms. The Bertz CT molecular complexity index is 585. The Morgan fingerprint density at radius 1 is 1.52 bits per heavy atom. The molecule has 0 aromatic carbocycles. The molecular weight excluding hydrogens is 308 g/mol. The molecule has 0 radical (unpaired) electrons. The van der Waals surface area contributed by atoms with E-state index in [1.807, 2.05) is 6.07 Å². The summed E-state index contributed by atoms with van der Waals surface area (Å²) in [7, 11) is 0. The highest BCUT2D eigenvalue weighted by Crippen LogP contribution is 2.42. The third kappa shape index (κ3) is 3.31. The van der Waals surface area contributed by atoms with Crippen molar-refractivity contribution in [1.29, 1.82) is 0 Å². The molecule has 1 saturated heterocycles. The highest BCUT2D eigenvalue weighted by Gasteiger charge is 2.31. The lowest BCUT2D eigenvalue weighted by Gasteiger charge is -2.34. The van der Waals surface area contributed by atoms with Crippen LogP contribution in [0.15, 0.2) is 23.1 Å². The van der Waals surface area contributed by atoms with Gasteiger partial charge in [-0.2, -0.15) is 0 Å². The summed E-state index contributed by atoms with van der Waals surface area (Å²) < 4.78 is 5.91. The lowest BCUT2D eigenvalue weighted by molar-refractivity contribution is 0.293. The highest BCUT2D eigenvalue weighted by molar-refractivity contribution is 7.16. The molecule has 3 rings (SSSR count). The Morgan fingerprint density at radius 2 is 2.38 bits per heavy atom. The van der Waals surface area contributed by atoms with Crippen molar-refractivity contribution in [1.82, 2.24) is 10.3 Å². The lowest BCUT2D eigenvalue weighted by atomic mass is 9.85. The smallest absolute Gasteiger partial charge is 0.180 e. The SMILES string of the molecule is CC1CC(c2sc(Cl)cc2CCO)CC(c2cocn2)N1. The summed E-state index contributed by atoms with van der Waals surface area (Å²) in [6, 6.07) is 2.61. The number of aliphatic hydroxyl groups is 1. The van der Waals surface area contributed by atoms with Gasteiger partial charge in [0.2, 0.25) is 0 Å². The van der Waals surface area contributed by atoms with Crippen LogP contribution in [-0.2, 0) is 6.42 Å². The number of nitrogens with one attached hydrogen (secondary N) is 1. The van der Waals surface area contributed by atoms with Crippen LogP contribution < -0.4 is 5.32 Å². The molecule has 1 aliphatic rings. The molecule has 4 nitrogen and oxygen atoms in total. The Kier molecular flexibility index (Phi) is 4.64. The molecule has 3 unspecified atom stereocenters. The highest BCUT2D eigenvalue weighted by atomic mass is 35.5. The van der Waals surface area contributed by atoms with E-state index in [9.17, 15) is 5.11 Å². The Morgan fingerprint density at radius 3 is 3.10 bits per heavy atom. The maximum absolute atomic E-state index is 9.23. The van der Waals surface area contributed by atoms with Crippen molar-refractivity contribution in [2.75, 3.05) is 6.61 Å². The van der Waals surface area contributed by atoms with E-state index in [4.69, 9.17) is 16.0 Å². The zero-order valence-electron chi connectivity index (χ0n) is 11.9. The number of aliphatic hydroxyl groups excluding tert-OH is 1. The van der Waals surface area contributed by atoms with E-state index >= 15 is 0 Å². The second-order valence-electron chi connectivity index (χ2n) is 5.62. The number of nitrogens with zero attached hydrogens (tertiary/aromatic N) is 1. The zero-order valence-corrected chi connectivity index (χ0v) is 13.5. The van der Waals surface area contributed by atoms with Crippen LogP contribution in [0, 0.1) is 0 Å². The van der Waals surface area contributed by atoms with E-state index in [1.165, 1.54) is 16.8 Å². The van der Waals surface area contributed by atoms with Crippen LogP contribution >= 0.6 is 22.9 Å². The van der Waals surface area contributed by atoms with Crippen molar-refractivity contribution in [3.8, 4) is 0 Å². The first-order valence-electron chi connectivity index (χ1n) is 7.20. The van der Waals surface area contributed by atoms with Crippen LogP contribution in [-0.4, -0.2) is 22.7 Å². The fraction of sp³-hybridized carbons (Fsp3) is 0.533. The maximum Gasteiger partial charge on any atom is 0.180 e. The first kappa shape index (κ1) is 15.0. The minimum Gasteiger partial charge on any atom is -0.451 e. The quantitative estimate of drug-likeness (QED) is 0.902. The first-order valence-corrected chi connectivity index (χ1v) is 8.40. The van der Waals surface area contributed by atoms with E-state index in [2.05, 4.69) is 17.2 Å². The number of hydrogen-bond acceptors (Lipinski definition) is 5. The predicted octanol–water partition coefficient (Wildman–Crippen LogP) is 3.52. The van der Waals surface area contributed by atoms with Crippen LogP contribution in [0.5, 0.6) is 0 Å². The van der Waals surface area contributed by atoms with E-state index in [0.29, 0.717) is 18.4 Å². The van der Waals surface area contributed by atoms with Crippen molar-refractivity contribution in [2.45, 2.75) is 44.2 Å². The number of hydrogen-bond donors (Lipinski definition) is 2. The van der Waals surface area contributed by atoms with E-state index in [1.54, 1.807) is 17.6 Å². The number of halogens is 1. The van der Waals surface area contributed by atoms with Crippen molar-refractivity contribution in [2.24, 2.45) is 0 Å². The molecule has 2 aromatic heterocycles. The van der Waals surface area contributed by atoms with Gasteiger partial charge in [-0.05, 0) is 43.7 Å². The third-order valence-corrected chi connectivity index (χ3v) is 5.48. The molecule has 2 N–H and O–H groups in total. The Labute approximate surface area is 133 Å². The Balaban J connectivity index is 1.84. The largest absolute Gasteiger partial charge is 0.451 e. The van der Waals surface area contributed by atoms with Crippen molar-refractivity contribution < 1.29 is 9.52 Å². The summed E-state index contributed by atoms with van der Waals surface area (Å²) in [6.45, 7) is 2.35. The van der Waals surface area contributed by atoms with Gasteiger partial charge in [-0.15, -0.1) is 11.3 Å².